The average Bonchev–Trinajstić information content (AvgIpc) is 2.58. The first-order valence-corrected chi connectivity index (χ1v) is 7.67. The van der Waals surface area contributed by atoms with Crippen LogP contribution in [0, 0.1) is 18.6 Å². The summed E-state index contributed by atoms with van der Waals surface area (Å²) in [7, 11) is 0. The van der Waals surface area contributed by atoms with E-state index in [0.29, 0.717) is 16.5 Å². The minimum atomic E-state index is -0.967. The minimum Gasteiger partial charge on any atom is -0.393 e. The van der Waals surface area contributed by atoms with Crippen molar-refractivity contribution in [3.63, 3.8) is 0 Å². The highest BCUT2D eigenvalue weighted by atomic mass is 35.5. The van der Waals surface area contributed by atoms with Crippen LogP contribution in [-0.4, -0.2) is 9.97 Å². The molecule has 5 nitrogen and oxygen atoms in total. The van der Waals surface area contributed by atoms with Gasteiger partial charge in [-0.15, -0.1) is 0 Å². The van der Waals surface area contributed by atoms with E-state index in [2.05, 4.69) is 20.6 Å². The molecule has 3 aromatic rings. The topological polar surface area (TPSA) is 75.9 Å². The van der Waals surface area contributed by atoms with Gasteiger partial charge in [0.1, 0.15) is 12.0 Å². The van der Waals surface area contributed by atoms with Crippen molar-refractivity contribution < 1.29 is 8.78 Å². The molecule has 0 bridgehead atoms. The van der Waals surface area contributed by atoms with Crippen molar-refractivity contribution in [1.29, 1.82) is 0 Å². The largest absolute Gasteiger partial charge is 0.393 e. The number of nitrogen functional groups attached to an aromatic ring is 1. The molecule has 0 aliphatic heterocycles. The molecule has 0 atom stereocenters. The number of anilines is 5. The van der Waals surface area contributed by atoms with Crippen molar-refractivity contribution in [2.45, 2.75) is 6.92 Å². The molecule has 8 heteroatoms. The zero-order valence-corrected chi connectivity index (χ0v) is 13.9. The summed E-state index contributed by atoms with van der Waals surface area (Å²) in [6.45, 7) is 1.91. The van der Waals surface area contributed by atoms with E-state index in [0.717, 1.165) is 23.4 Å². The Bertz CT molecular complexity index is 933. The molecule has 0 fully saturated rings. The molecule has 2 aromatic carbocycles. The van der Waals surface area contributed by atoms with Gasteiger partial charge in [-0.3, -0.25) is 0 Å². The summed E-state index contributed by atoms with van der Waals surface area (Å²) in [5.41, 5.74) is 8.33. The Balaban J connectivity index is 1.89. The standard InChI is InChI=1S/C17H14ClF2N5/c1-9-2-3-10(18)6-14(9)25-17-15(21)16(22-8-23-17)24-11-4-5-12(19)13(20)7-11/h2-8H,21H2,1H3,(H2,22,23,24,25). The van der Waals surface area contributed by atoms with Crippen LogP contribution in [0.25, 0.3) is 0 Å². The fourth-order valence-corrected chi connectivity index (χ4v) is 2.33. The molecular weight excluding hydrogens is 348 g/mol. The van der Waals surface area contributed by atoms with Gasteiger partial charge >= 0.3 is 0 Å². The zero-order chi connectivity index (χ0) is 18.0. The van der Waals surface area contributed by atoms with Crippen molar-refractivity contribution in [1.82, 2.24) is 9.97 Å². The van der Waals surface area contributed by atoms with Gasteiger partial charge in [0.15, 0.2) is 23.3 Å². The molecule has 25 heavy (non-hydrogen) atoms. The van der Waals surface area contributed by atoms with E-state index in [9.17, 15) is 8.78 Å². The summed E-state index contributed by atoms with van der Waals surface area (Å²) in [6, 6.07) is 8.81. The molecule has 128 valence electrons. The first kappa shape index (κ1) is 16.9. The summed E-state index contributed by atoms with van der Waals surface area (Å²) in [4.78, 5) is 8.15. The monoisotopic (exact) mass is 361 g/mol. The van der Waals surface area contributed by atoms with Gasteiger partial charge in [-0.2, -0.15) is 0 Å². The van der Waals surface area contributed by atoms with Crippen LogP contribution in [0.5, 0.6) is 0 Å². The van der Waals surface area contributed by atoms with Crippen molar-refractivity contribution in [2.75, 3.05) is 16.4 Å². The van der Waals surface area contributed by atoms with Crippen LogP contribution in [0.3, 0.4) is 0 Å². The third-order valence-electron chi connectivity index (χ3n) is 3.52. The average molecular weight is 362 g/mol. The summed E-state index contributed by atoms with van der Waals surface area (Å²) >= 11 is 6.01. The normalized spacial score (nSPS) is 10.6. The lowest BCUT2D eigenvalue weighted by Crippen LogP contribution is -2.06. The maximum Gasteiger partial charge on any atom is 0.160 e. The van der Waals surface area contributed by atoms with Gasteiger partial charge in [0.2, 0.25) is 0 Å². The first-order chi connectivity index (χ1) is 11.9. The first-order valence-electron chi connectivity index (χ1n) is 7.30. The second kappa shape index (κ2) is 6.90. The summed E-state index contributed by atoms with van der Waals surface area (Å²) in [5, 5.41) is 6.51. The quantitative estimate of drug-likeness (QED) is 0.623. The molecule has 0 saturated carbocycles. The van der Waals surface area contributed by atoms with Gasteiger partial charge in [0, 0.05) is 22.5 Å². The summed E-state index contributed by atoms with van der Waals surface area (Å²) in [6.07, 6.45) is 1.31. The van der Waals surface area contributed by atoms with Crippen LogP contribution in [0.2, 0.25) is 5.02 Å². The second-order valence-corrected chi connectivity index (χ2v) is 5.76. The number of hydrogen-bond acceptors (Lipinski definition) is 5. The molecule has 0 amide bonds. The third kappa shape index (κ3) is 3.77. The maximum atomic E-state index is 13.3. The van der Waals surface area contributed by atoms with E-state index < -0.39 is 11.6 Å². The number of rotatable bonds is 4. The highest BCUT2D eigenvalue weighted by Crippen LogP contribution is 2.30. The van der Waals surface area contributed by atoms with Gasteiger partial charge in [0.05, 0.1) is 0 Å². The molecular formula is C17H14ClF2N5. The van der Waals surface area contributed by atoms with E-state index in [4.69, 9.17) is 17.3 Å². The number of nitrogens with two attached hydrogens (primary N) is 1. The van der Waals surface area contributed by atoms with Crippen LogP contribution < -0.4 is 16.4 Å². The van der Waals surface area contributed by atoms with Gasteiger partial charge < -0.3 is 16.4 Å². The third-order valence-corrected chi connectivity index (χ3v) is 3.75. The molecule has 0 aliphatic rings. The van der Waals surface area contributed by atoms with Crippen molar-refractivity contribution in [2.24, 2.45) is 0 Å². The molecule has 0 aliphatic carbocycles. The SMILES string of the molecule is Cc1ccc(Cl)cc1Nc1ncnc(Nc2ccc(F)c(F)c2)c1N. The molecule has 0 spiro atoms. The number of halogens is 3. The fraction of sp³-hybridized carbons (Fsp3) is 0.0588. The number of nitrogens with zero attached hydrogens (tertiary/aromatic N) is 2. The molecule has 1 heterocycles. The van der Waals surface area contributed by atoms with Gasteiger partial charge in [-0.1, -0.05) is 17.7 Å². The maximum absolute atomic E-state index is 13.3. The van der Waals surface area contributed by atoms with E-state index >= 15 is 0 Å². The molecule has 4 N–H and O–H groups in total. The molecule has 0 saturated heterocycles. The van der Waals surface area contributed by atoms with Gasteiger partial charge in [-0.05, 0) is 36.8 Å². The van der Waals surface area contributed by atoms with Crippen molar-refractivity contribution >= 4 is 40.3 Å². The second-order valence-electron chi connectivity index (χ2n) is 5.32. The Morgan fingerprint density at radius 2 is 1.68 bits per heavy atom. The number of aromatic nitrogens is 2. The van der Waals surface area contributed by atoms with E-state index in [1.807, 2.05) is 13.0 Å². The predicted molar refractivity (Wildman–Crippen MR) is 95.6 cm³/mol. The van der Waals surface area contributed by atoms with E-state index in [1.165, 1.54) is 12.4 Å². The van der Waals surface area contributed by atoms with Crippen molar-refractivity contribution in [3.05, 3.63) is 64.9 Å². The predicted octanol–water partition coefficient (Wildman–Crippen LogP) is 4.79. The summed E-state index contributed by atoms with van der Waals surface area (Å²) < 4.78 is 26.3. The Hall–Kier alpha value is -2.93. The number of aryl methyl sites for hydroxylation is 1. The van der Waals surface area contributed by atoms with Crippen LogP contribution in [0.4, 0.5) is 37.5 Å². The van der Waals surface area contributed by atoms with E-state index in [1.54, 1.807) is 12.1 Å². The van der Waals surface area contributed by atoms with Crippen LogP contribution in [0.1, 0.15) is 5.56 Å². The zero-order valence-electron chi connectivity index (χ0n) is 13.1. The Morgan fingerprint density at radius 1 is 0.960 bits per heavy atom. The molecule has 1 aromatic heterocycles. The molecule has 3 rings (SSSR count). The van der Waals surface area contributed by atoms with Gasteiger partial charge in [-0.25, -0.2) is 18.7 Å². The Kier molecular flexibility index (Phi) is 4.67. The lowest BCUT2D eigenvalue weighted by Gasteiger charge is -2.14. The Morgan fingerprint density at radius 3 is 2.40 bits per heavy atom. The summed E-state index contributed by atoms with van der Waals surface area (Å²) in [5.74, 6) is -1.26. The Labute approximate surface area is 147 Å². The van der Waals surface area contributed by atoms with E-state index in [-0.39, 0.29) is 11.5 Å². The highest BCUT2D eigenvalue weighted by Gasteiger charge is 2.11. The smallest absolute Gasteiger partial charge is 0.160 e. The van der Waals surface area contributed by atoms with Crippen LogP contribution in [0.15, 0.2) is 42.7 Å². The van der Waals surface area contributed by atoms with Gasteiger partial charge in [0.25, 0.3) is 0 Å². The lowest BCUT2D eigenvalue weighted by atomic mass is 10.2. The number of benzene rings is 2. The number of hydrogen-bond donors (Lipinski definition) is 3. The fourth-order valence-electron chi connectivity index (χ4n) is 2.16. The minimum absolute atomic E-state index is 0.228. The number of nitrogens with one attached hydrogen (secondary N) is 2. The highest BCUT2D eigenvalue weighted by molar-refractivity contribution is 6.30. The van der Waals surface area contributed by atoms with Crippen molar-refractivity contribution in [3.8, 4) is 0 Å². The molecule has 0 radical (unpaired) electrons. The molecule has 0 unspecified atom stereocenters. The van der Waals surface area contributed by atoms with Crippen LogP contribution in [-0.2, 0) is 0 Å². The van der Waals surface area contributed by atoms with Crippen LogP contribution >= 0.6 is 11.6 Å². The lowest BCUT2D eigenvalue weighted by molar-refractivity contribution is 0.509.